The van der Waals surface area contributed by atoms with Gasteiger partial charge in [-0.3, -0.25) is 9.69 Å². The number of hydrogen-bond acceptors (Lipinski definition) is 3. The molecule has 1 aliphatic rings. The van der Waals surface area contributed by atoms with Gasteiger partial charge in [0.05, 0.1) is 0 Å². The van der Waals surface area contributed by atoms with Crippen molar-refractivity contribution in [3.63, 3.8) is 0 Å². The molecule has 0 aromatic rings. The minimum absolute atomic E-state index is 0.240. The zero-order chi connectivity index (χ0) is 9.14. The van der Waals surface area contributed by atoms with Crippen LogP contribution < -0.4 is 0 Å². The molecule has 0 spiro atoms. The summed E-state index contributed by atoms with van der Waals surface area (Å²) < 4.78 is 0. The summed E-state index contributed by atoms with van der Waals surface area (Å²) in [4.78, 5) is 25.0. The number of carbonyl (C=O) groups excluding carboxylic acids is 2. The Labute approximate surface area is 79.3 Å². The maximum absolute atomic E-state index is 11.3. The molecule has 3 amide bonds. The molecule has 6 heteroatoms. The number of rotatable bonds is 1. The number of imide groups is 1. The molecule has 0 aromatic heterocycles. The molecule has 0 radical (unpaired) electrons. The Hall–Kier alpha value is -0.420. The summed E-state index contributed by atoms with van der Waals surface area (Å²) in [6.45, 7) is 3.57. The average molecular weight is 209 g/mol. The van der Waals surface area contributed by atoms with Crippen LogP contribution in [-0.2, 0) is 0 Å². The number of nitrogens with zero attached hydrogens (tertiary/aromatic N) is 2. The number of hydrogen-bond donors (Lipinski definition) is 0. The van der Waals surface area contributed by atoms with Crippen molar-refractivity contribution in [1.82, 2.24) is 9.80 Å². The van der Waals surface area contributed by atoms with Gasteiger partial charge >= 0.3 is 11.3 Å². The van der Waals surface area contributed by atoms with Crippen LogP contribution in [0.3, 0.4) is 0 Å². The second kappa shape index (κ2) is 4.00. The Balaban J connectivity index is 2.60. The maximum Gasteiger partial charge on any atom is 0.327 e. The zero-order valence-corrected chi connectivity index (χ0v) is 8.19. The van der Waals surface area contributed by atoms with Gasteiger partial charge in [-0.25, -0.2) is 4.79 Å². The highest BCUT2D eigenvalue weighted by Crippen LogP contribution is 2.18. The first-order valence-corrected chi connectivity index (χ1v) is 5.24. The molecule has 0 N–H and O–H groups in total. The molecule has 0 bridgehead atoms. The molecule has 0 aliphatic carbocycles. The number of amides is 3. The minimum atomic E-state index is -0.391. The minimum Gasteiger partial charge on any atom is -0.323 e. The highest BCUT2D eigenvalue weighted by molar-refractivity contribution is 8.32. The van der Waals surface area contributed by atoms with Crippen LogP contribution in [0.4, 0.5) is 9.59 Å². The molecule has 1 heterocycles. The molecule has 0 saturated carbocycles. The van der Waals surface area contributed by atoms with Crippen LogP contribution in [0.1, 0.15) is 6.92 Å². The molecule has 0 aromatic carbocycles. The van der Waals surface area contributed by atoms with E-state index in [0.717, 1.165) is 4.90 Å². The van der Waals surface area contributed by atoms with E-state index in [2.05, 4.69) is 0 Å². The van der Waals surface area contributed by atoms with Gasteiger partial charge in [-0.05, 0) is 17.6 Å². The summed E-state index contributed by atoms with van der Waals surface area (Å²) >= 11 is 0. The predicted molar refractivity (Wildman–Crippen MR) is 48.2 cm³/mol. The SMILES string of the molecule is CCN1CCN(C(=O)SCl)C1=O. The van der Waals surface area contributed by atoms with E-state index in [-0.39, 0.29) is 6.03 Å². The topological polar surface area (TPSA) is 40.6 Å². The van der Waals surface area contributed by atoms with Crippen molar-refractivity contribution in [1.29, 1.82) is 0 Å². The van der Waals surface area contributed by atoms with Crippen molar-refractivity contribution in [2.75, 3.05) is 19.6 Å². The van der Waals surface area contributed by atoms with Crippen LogP contribution in [0.25, 0.3) is 0 Å². The Morgan fingerprint density at radius 3 is 2.75 bits per heavy atom. The smallest absolute Gasteiger partial charge is 0.323 e. The lowest BCUT2D eigenvalue weighted by Crippen LogP contribution is -2.33. The largest absolute Gasteiger partial charge is 0.327 e. The standard InChI is InChI=1S/C6H9ClN2O2S/c1-2-8-3-4-9(5(8)10)6(11)12-7/h2-4H2,1H3. The van der Waals surface area contributed by atoms with Crippen LogP contribution >= 0.6 is 21.7 Å². The number of likely N-dealkylation sites (N-methyl/N-ethyl adjacent to an activating group) is 1. The summed E-state index contributed by atoms with van der Waals surface area (Å²) in [5.74, 6) is 0. The zero-order valence-electron chi connectivity index (χ0n) is 6.62. The third-order valence-electron chi connectivity index (χ3n) is 1.76. The van der Waals surface area contributed by atoms with E-state index < -0.39 is 5.24 Å². The summed E-state index contributed by atoms with van der Waals surface area (Å²) in [5.41, 5.74) is 0. The van der Waals surface area contributed by atoms with Crippen molar-refractivity contribution < 1.29 is 9.59 Å². The Bertz CT molecular complexity index is 212. The third kappa shape index (κ3) is 1.67. The molecule has 0 unspecified atom stereocenters. The van der Waals surface area contributed by atoms with Gasteiger partial charge in [0.2, 0.25) is 0 Å². The Kier molecular flexibility index (Phi) is 3.22. The molecule has 0 atom stereocenters. The van der Waals surface area contributed by atoms with Gasteiger partial charge in [-0.1, -0.05) is 0 Å². The van der Waals surface area contributed by atoms with E-state index in [1.54, 1.807) is 4.90 Å². The second-order valence-electron chi connectivity index (χ2n) is 2.36. The second-order valence-corrected chi connectivity index (χ2v) is 3.32. The van der Waals surface area contributed by atoms with Crippen LogP contribution in [0, 0.1) is 0 Å². The number of carbonyl (C=O) groups is 2. The monoisotopic (exact) mass is 208 g/mol. The lowest BCUT2D eigenvalue weighted by Gasteiger charge is -2.13. The van der Waals surface area contributed by atoms with Gasteiger partial charge < -0.3 is 4.90 Å². The first-order valence-electron chi connectivity index (χ1n) is 3.59. The highest BCUT2D eigenvalue weighted by Gasteiger charge is 2.31. The van der Waals surface area contributed by atoms with E-state index in [9.17, 15) is 9.59 Å². The Morgan fingerprint density at radius 1 is 1.67 bits per heavy atom. The van der Waals surface area contributed by atoms with Crippen molar-refractivity contribution in [3.8, 4) is 0 Å². The van der Waals surface area contributed by atoms with Crippen LogP contribution in [0.5, 0.6) is 0 Å². The molecular weight excluding hydrogens is 200 g/mol. The third-order valence-corrected chi connectivity index (χ3v) is 2.51. The quantitative estimate of drug-likeness (QED) is 0.659. The Morgan fingerprint density at radius 2 is 2.33 bits per heavy atom. The van der Waals surface area contributed by atoms with Crippen LogP contribution in [0.15, 0.2) is 0 Å². The molecule has 1 saturated heterocycles. The molecule has 1 rings (SSSR count). The highest BCUT2D eigenvalue weighted by atomic mass is 35.7. The summed E-state index contributed by atoms with van der Waals surface area (Å²) in [5, 5.41) is -0.391. The molecule has 68 valence electrons. The number of halogens is 1. The van der Waals surface area contributed by atoms with Gasteiger partial charge in [0, 0.05) is 30.6 Å². The fourth-order valence-electron chi connectivity index (χ4n) is 1.09. The van der Waals surface area contributed by atoms with Crippen LogP contribution in [-0.4, -0.2) is 40.7 Å². The van der Waals surface area contributed by atoms with E-state index in [0.29, 0.717) is 30.6 Å². The van der Waals surface area contributed by atoms with Gasteiger partial charge in [0.25, 0.3) is 0 Å². The van der Waals surface area contributed by atoms with Gasteiger partial charge in [0.1, 0.15) is 0 Å². The molecule has 4 nitrogen and oxygen atoms in total. The van der Waals surface area contributed by atoms with E-state index in [4.69, 9.17) is 10.7 Å². The van der Waals surface area contributed by atoms with Gasteiger partial charge in [-0.15, -0.1) is 0 Å². The fraction of sp³-hybridized carbons (Fsp3) is 0.667. The summed E-state index contributed by atoms with van der Waals surface area (Å²) in [7, 11) is 5.79. The predicted octanol–water partition coefficient (Wildman–Crippen LogP) is 1.75. The number of urea groups is 1. The summed E-state index contributed by atoms with van der Waals surface area (Å²) in [6.07, 6.45) is 0. The van der Waals surface area contributed by atoms with E-state index in [1.165, 1.54) is 0 Å². The van der Waals surface area contributed by atoms with Gasteiger partial charge in [0.15, 0.2) is 0 Å². The van der Waals surface area contributed by atoms with Crippen molar-refractivity contribution in [2.24, 2.45) is 0 Å². The van der Waals surface area contributed by atoms with Crippen molar-refractivity contribution >= 4 is 32.9 Å². The molecule has 1 fully saturated rings. The molecule has 12 heavy (non-hydrogen) atoms. The average Bonchev–Trinajstić information content (AvgIpc) is 2.45. The van der Waals surface area contributed by atoms with Crippen molar-refractivity contribution in [3.05, 3.63) is 0 Å². The van der Waals surface area contributed by atoms with Crippen molar-refractivity contribution in [2.45, 2.75) is 6.92 Å². The molecular formula is C6H9ClN2O2S. The lowest BCUT2D eigenvalue weighted by molar-refractivity contribution is 0.196. The first kappa shape index (κ1) is 9.67. The maximum atomic E-state index is 11.3. The lowest BCUT2D eigenvalue weighted by atomic mass is 10.6. The van der Waals surface area contributed by atoms with E-state index >= 15 is 0 Å². The van der Waals surface area contributed by atoms with E-state index in [1.807, 2.05) is 6.92 Å². The summed E-state index contributed by atoms with van der Waals surface area (Å²) in [6, 6.07) is -0.240. The fourth-order valence-corrected chi connectivity index (χ4v) is 1.59. The molecule has 1 aliphatic heterocycles. The normalized spacial score (nSPS) is 17.3. The first-order chi connectivity index (χ1) is 5.70. The van der Waals surface area contributed by atoms with Gasteiger partial charge in [-0.2, -0.15) is 0 Å². The van der Waals surface area contributed by atoms with Crippen LogP contribution in [0.2, 0.25) is 0 Å².